The second kappa shape index (κ2) is 6.79. The number of rotatable bonds is 7. The summed E-state index contributed by atoms with van der Waals surface area (Å²) in [7, 11) is -2.37. The third-order valence-corrected chi connectivity index (χ3v) is 3.50. The molecule has 0 heterocycles. The molecule has 0 aromatic rings. The number of methoxy groups -OCH3 is 1. The molecule has 0 unspecified atom stereocenters. The lowest BCUT2D eigenvalue weighted by molar-refractivity contribution is -0.137. The molecule has 0 aliphatic rings. The molecular formula is C9H19NO4S. The maximum absolute atomic E-state index is 11.3. The lowest BCUT2D eigenvalue weighted by Gasteiger charge is -2.12. The molecular weight excluding hydrogens is 218 g/mol. The van der Waals surface area contributed by atoms with E-state index in [2.05, 4.69) is 9.46 Å². The van der Waals surface area contributed by atoms with Gasteiger partial charge in [-0.3, -0.25) is 4.79 Å². The van der Waals surface area contributed by atoms with Gasteiger partial charge in [0.1, 0.15) is 0 Å². The summed E-state index contributed by atoms with van der Waals surface area (Å²) in [5.74, 6) is -1.03. The first-order valence-electron chi connectivity index (χ1n) is 4.99. The van der Waals surface area contributed by atoms with Crippen LogP contribution in [0.1, 0.15) is 26.7 Å². The number of ether oxygens (including phenoxy) is 1. The summed E-state index contributed by atoms with van der Waals surface area (Å²) in [4.78, 5) is 10.8. The molecule has 0 aliphatic heterocycles. The summed E-state index contributed by atoms with van der Waals surface area (Å²) in [6, 6.07) is 0. The molecule has 0 fully saturated rings. The topological polar surface area (TPSA) is 72.5 Å². The minimum absolute atomic E-state index is 0.317. The van der Waals surface area contributed by atoms with Crippen molar-refractivity contribution in [1.82, 2.24) is 4.72 Å². The van der Waals surface area contributed by atoms with Gasteiger partial charge in [-0.2, -0.15) is 0 Å². The molecule has 5 nitrogen and oxygen atoms in total. The van der Waals surface area contributed by atoms with Gasteiger partial charge in [-0.25, -0.2) is 13.1 Å². The Balaban J connectivity index is 4.10. The molecule has 0 saturated heterocycles. The van der Waals surface area contributed by atoms with E-state index < -0.39 is 21.7 Å². The Morgan fingerprint density at radius 3 is 2.27 bits per heavy atom. The first-order valence-corrected chi connectivity index (χ1v) is 6.64. The highest BCUT2D eigenvalue weighted by molar-refractivity contribution is 7.90. The van der Waals surface area contributed by atoms with Gasteiger partial charge in [0.15, 0.2) is 5.75 Å². The van der Waals surface area contributed by atoms with Crippen LogP contribution in [0.25, 0.3) is 0 Å². The van der Waals surface area contributed by atoms with Crippen LogP contribution in [0.2, 0.25) is 0 Å². The van der Waals surface area contributed by atoms with E-state index in [4.69, 9.17) is 0 Å². The maximum Gasteiger partial charge on any atom is 0.322 e. The molecule has 0 radical (unpaired) electrons. The van der Waals surface area contributed by atoms with Gasteiger partial charge in [0.05, 0.1) is 7.11 Å². The molecule has 0 rings (SSSR count). The summed E-state index contributed by atoms with van der Waals surface area (Å²) in [6.45, 7) is 4.39. The quantitative estimate of drug-likeness (QED) is 0.655. The summed E-state index contributed by atoms with van der Waals surface area (Å²) in [5.41, 5.74) is 0. The largest absolute Gasteiger partial charge is 0.468 e. The van der Waals surface area contributed by atoms with Crippen molar-refractivity contribution in [2.75, 3.05) is 19.4 Å². The third kappa shape index (κ3) is 6.46. The number of carbonyl (C=O) groups excluding carboxylic acids is 1. The van der Waals surface area contributed by atoms with E-state index in [0.717, 1.165) is 12.8 Å². The molecule has 6 heteroatoms. The van der Waals surface area contributed by atoms with E-state index in [0.29, 0.717) is 12.5 Å². The average Bonchev–Trinajstić information content (AvgIpc) is 2.18. The summed E-state index contributed by atoms with van der Waals surface area (Å²) in [6.07, 6.45) is 1.83. The number of sulfonamides is 1. The summed E-state index contributed by atoms with van der Waals surface area (Å²) < 4.78 is 29.3. The normalized spacial score (nSPS) is 11.7. The number of hydrogen-bond acceptors (Lipinski definition) is 4. The standard InChI is InChI=1S/C9H19NO4S/c1-4-8(5-2)6-10-15(12,13)7-9(11)14-3/h8,10H,4-7H2,1-3H3. The average molecular weight is 237 g/mol. The van der Waals surface area contributed by atoms with Crippen LogP contribution in [-0.2, 0) is 19.6 Å². The predicted octanol–water partition coefficient (Wildman–Crippen LogP) is 0.515. The van der Waals surface area contributed by atoms with Crippen molar-refractivity contribution < 1.29 is 17.9 Å². The first-order chi connectivity index (χ1) is 6.95. The molecule has 0 aromatic heterocycles. The Labute approximate surface area is 91.2 Å². The number of carbonyl (C=O) groups is 1. The number of esters is 1. The second-order valence-corrected chi connectivity index (χ2v) is 5.17. The zero-order valence-corrected chi connectivity index (χ0v) is 10.3. The van der Waals surface area contributed by atoms with Gasteiger partial charge in [0.2, 0.25) is 10.0 Å². The van der Waals surface area contributed by atoms with E-state index in [-0.39, 0.29) is 0 Å². The number of nitrogens with one attached hydrogen (secondary N) is 1. The van der Waals surface area contributed by atoms with Gasteiger partial charge in [0, 0.05) is 6.54 Å². The zero-order valence-electron chi connectivity index (χ0n) is 9.45. The van der Waals surface area contributed by atoms with Crippen LogP contribution < -0.4 is 4.72 Å². The van der Waals surface area contributed by atoms with Crippen molar-refractivity contribution >= 4 is 16.0 Å². The monoisotopic (exact) mass is 237 g/mol. The SMILES string of the molecule is CCC(CC)CNS(=O)(=O)CC(=O)OC. The van der Waals surface area contributed by atoms with E-state index in [1.165, 1.54) is 7.11 Å². The third-order valence-electron chi connectivity index (χ3n) is 2.28. The summed E-state index contributed by atoms with van der Waals surface area (Å²) >= 11 is 0. The Morgan fingerprint density at radius 2 is 1.87 bits per heavy atom. The van der Waals surface area contributed by atoms with Crippen molar-refractivity contribution in [2.45, 2.75) is 26.7 Å². The van der Waals surface area contributed by atoms with Crippen LogP contribution in [0.4, 0.5) is 0 Å². The van der Waals surface area contributed by atoms with Gasteiger partial charge in [-0.1, -0.05) is 26.7 Å². The number of hydrogen-bond donors (Lipinski definition) is 1. The fraction of sp³-hybridized carbons (Fsp3) is 0.889. The molecule has 0 saturated carbocycles. The van der Waals surface area contributed by atoms with Crippen LogP contribution in [0.5, 0.6) is 0 Å². The molecule has 0 atom stereocenters. The van der Waals surface area contributed by atoms with Gasteiger partial charge >= 0.3 is 5.97 Å². The highest BCUT2D eigenvalue weighted by Gasteiger charge is 2.17. The minimum atomic E-state index is -3.53. The van der Waals surface area contributed by atoms with Crippen LogP contribution >= 0.6 is 0 Å². The van der Waals surface area contributed by atoms with E-state index in [9.17, 15) is 13.2 Å². The van der Waals surface area contributed by atoms with Gasteiger partial charge in [0.25, 0.3) is 0 Å². The first kappa shape index (κ1) is 14.4. The van der Waals surface area contributed by atoms with Crippen molar-refractivity contribution in [1.29, 1.82) is 0 Å². The predicted molar refractivity (Wildman–Crippen MR) is 57.9 cm³/mol. The fourth-order valence-electron chi connectivity index (χ4n) is 1.09. The van der Waals surface area contributed by atoms with Crippen LogP contribution in [0, 0.1) is 5.92 Å². The molecule has 0 amide bonds. The maximum atomic E-state index is 11.3. The van der Waals surface area contributed by atoms with Crippen molar-refractivity contribution in [3.63, 3.8) is 0 Å². The highest BCUT2D eigenvalue weighted by Crippen LogP contribution is 2.05. The van der Waals surface area contributed by atoms with Crippen LogP contribution in [-0.4, -0.2) is 33.8 Å². The van der Waals surface area contributed by atoms with Crippen molar-refractivity contribution in [3.8, 4) is 0 Å². The van der Waals surface area contributed by atoms with E-state index >= 15 is 0 Å². The summed E-state index contributed by atoms with van der Waals surface area (Å²) in [5, 5.41) is 0. The molecule has 0 aromatic carbocycles. The van der Waals surface area contributed by atoms with E-state index in [1.54, 1.807) is 0 Å². The lowest BCUT2D eigenvalue weighted by atomic mass is 10.0. The van der Waals surface area contributed by atoms with Gasteiger partial charge < -0.3 is 4.74 Å². The molecule has 0 spiro atoms. The zero-order chi connectivity index (χ0) is 11.9. The minimum Gasteiger partial charge on any atom is -0.468 e. The van der Waals surface area contributed by atoms with Gasteiger partial charge in [-0.05, 0) is 5.92 Å². The Bertz CT molecular complexity index is 282. The molecule has 1 N–H and O–H groups in total. The Kier molecular flexibility index (Phi) is 6.51. The lowest BCUT2D eigenvalue weighted by Crippen LogP contribution is -2.34. The Hall–Kier alpha value is -0.620. The molecule has 0 bridgehead atoms. The van der Waals surface area contributed by atoms with E-state index in [1.807, 2.05) is 13.8 Å². The van der Waals surface area contributed by atoms with Crippen molar-refractivity contribution in [2.24, 2.45) is 5.92 Å². The van der Waals surface area contributed by atoms with Crippen molar-refractivity contribution in [3.05, 3.63) is 0 Å². The molecule has 0 aliphatic carbocycles. The fourth-order valence-corrected chi connectivity index (χ4v) is 2.11. The highest BCUT2D eigenvalue weighted by atomic mass is 32.2. The van der Waals surface area contributed by atoms with Gasteiger partial charge in [-0.15, -0.1) is 0 Å². The Morgan fingerprint density at radius 1 is 1.33 bits per heavy atom. The van der Waals surface area contributed by atoms with Crippen LogP contribution in [0.3, 0.4) is 0 Å². The van der Waals surface area contributed by atoms with Crippen LogP contribution in [0.15, 0.2) is 0 Å². The molecule has 90 valence electrons. The second-order valence-electron chi connectivity index (χ2n) is 3.37. The molecule has 15 heavy (non-hydrogen) atoms. The smallest absolute Gasteiger partial charge is 0.322 e.